The Bertz CT molecular complexity index is 1330. The first-order chi connectivity index (χ1) is 14.7. The molecule has 0 radical (unpaired) electrons. The summed E-state index contributed by atoms with van der Waals surface area (Å²) in [5.74, 6) is 5.86. The lowest BCUT2D eigenvalue weighted by molar-refractivity contribution is 0.269. The number of hydrogen-bond donors (Lipinski definition) is 3. The van der Waals surface area contributed by atoms with E-state index in [0.717, 1.165) is 9.13 Å². The third-order valence-electron chi connectivity index (χ3n) is 4.51. The summed E-state index contributed by atoms with van der Waals surface area (Å²) >= 11 is 0. The van der Waals surface area contributed by atoms with Crippen LogP contribution >= 0.6 is 0 Å². The zero-order chi connectivity index (χ0) is 22.9. The molecule has 5 N–H and O–H groups in total. The Kier molecular flexibility index (Phi) is 5.87. The van der Waals surface area contributed by atoms with Gasteiger partial charge in [0.25, 0.3) is 5.56 Å². The van der Waals surface area contributed by atoms with Crippen molar-refractivity contribution in [3.63, 3.8) is 0 Å². The number of aryl methyl sites for hydroxylation is 1. The van der Waals surface area contributed by atoms with E-state index in [9.17, 15) is 23.5 Å². The molecule has 0 aliphatic carbocycles. The summed E-state index contributed by atoms with van der Waals surface area (Å²) in [4.78, 5) is 30.4. The highest BCUT2D eigenvalue weighted by atomic mass is 19.2. The van der Waals surface area contributed by atoms with Crippen molar-refractivity contribution in [2.45, 2.75) is 20.1 Å². The van der Waals surface area contributed by atoms with Crippen LogP contribution in [-0.4, -0.2) is 19.2 Å². The fourth-order valence-corrected chi connectivity index (χ4v) is 3.11. The van der Waals surface area contributed by atoms with Crippen LogP contribution in [0.2, 0.25) is 0 Å². The molecule has 0 bridgehead atoms. The topological polar surface area (TPSA) is 132 Å². The lowest BCUT2D eigenvalue weighted by Gasteiger charge is -2.25. The lowest BCUT2D eigenvalue weighted by Crippen LogP contribution is -2.45. The van der Waals surface area contributed by atoms with E-state index in [1.54, 1.807) is 6.92 Å². The van der Waals surface area contributed by atoms with Crippen LogP contribution in [0.4, 0.5) is 25.8 Å². The van der Waals surface area contributed by atoms with E-state index < -0.39 is 35.2 Å². The molecule has 1 aromatic carbocycles. The summed E-state index contributed by atoms with van der Waals surface area (Å²) in [5.41, 5.74) is 3.59. The maximum atomic E-state index is 13.8. The molecule has 0 unspecified atom stereocenters. The van der Waals surface area contributed by atoms with Crippen LogP contribution in [0.25, 0.3) is 5.69 Å². The Hall–Kier alpha value is -4.01. The minimum atomic E-state index is -1.26. The molecule has 2 aromatic heterocycles. The van der Waals surface area contributed by atoms with Crippen LogP contribution in [0.15, 0.2) is 40.2 Å². The van der Waals surface area contributed by atoms with E-state index in [2.05, 4.69) is 10.9 Å². The first-order valence-electron chi connectivity index (χ1n) is 8.85. The Balaban J connectivity index is 2.42. The Morgan fingerprint density at radius 2 is 1.90 bits per heavy atom. The number of aliphatic hydroxyl groups excluding tert-OH is 1. The molecule has 0 aliphatic heterocycles. The number of rotatable bonds is 5. The number of anilines is 3. The standard InChI is InChI=1S/C20H18F2N6O3/c1-3-4-26-17(10-29)18(28(24)16-7-14(22)13(21)6-15(16)23)19(30)27(20(26)31)12-5-11(2)8-25-9-12/h1,5-9,29H,4,10,23-24H2,2H3. The third-order valence-corrected chi connectivity index (χ3v) is 4.51. The van der Waals surface area contributed by atoms with Crippen LogP contribution in [0.3, 0.4) is 0 Å². The van der Waals surface area contributed by atoms with Crippen molar-refractivity contribution >= 4 is 17.1 Å². The molecule has 31 heavy (non-hydrogen) atoms. The molecule has 11 heteroatoms. The van der Waals surface area contributed by atoms with E-state index in [4.69, 9.17) is 18.0 Å². The Morgan fingerprint density at radius 1 is 1.23 bits per heavy atom. The number of pyridine rings is 1. The van der Waals surface area contributed by atoms with E-state index in [1.807, 2.05) is 0 Å². The van der Waals surface area contributed by atoms with Gasteiger partial charge < -0.3 is 10.8 Å². The lowest BCUT2D eigenvalue weighted by atomic mass is 10.2. The van der Waals surface area contributed by atoms with Gasteiger partial charge in [0.2, 0.25) is 0 Å². The van der Waals surface area contributed by atoms with Gasteiger partial charge in [-0.3, -0.25) is 19.4 Å². The van der Waals surface area contributed by atoms with Crippen LogP contribution in [0, 0.1) is 30.9 Å². The zero-order valence-corrected chi connectivity index (χ0v) is 16.3. The number of benzene rings is 1. The molecule has 0 amide bonds. The van der Waals surface area contributed by atoms with E-state index in [-0.39, 0.29) is 29.3 Å². The van der Waals surface area contributed by atoms with Gasteiger partial charge in [0.15, 0.2) is 11.6 Å². The molecule has 0 spiro atoms. The van der Waals surface area contributed by atoms with E-state index >= 15 is 0 Å². The maximum absolute atomic E-state index is 13.8. The second kappa shape index (κ2) is 8.39. The molecule has 0 atom stereocenters. The molecule has 3 aromatic rings. The number of nitrogens with zero attached hydrogens (tertiary/aromatic N) is 4. The zero-order valence-electron chi connectivity index (χ0n) is 16.3. The molecular weight excluding hydrogens is 410 g/mol. The molecule has 160 valence electrons. The molecule has 0 saturated carbocycles. The van der Waals surface area contributed by atoms with Crippen molar-refractivity contribution in [1.29, 1.82) is 0 Å². The molecule has 0 saturated heterocycles. The summed E-state index contributed by atoms with van der Waals surface area (Å²) in [5, 5.41) is 10.6. The van der Waals surface area contributed by atoms with Crippen molar-refractivity contribution in [2.75, 3.05) is 10.7 Å². The SMILES string of the molecule is C#CCn1c(CO)c(N(N)c2cc(F)c(F)cc2N)c(=O)n(-c2cncc(C)c2)c1=O. The summed E-state index contributed by atoms with van der Waals surface area (Å²) in [6, 6.07) is 2.93. The minimum Gasteiger partial charge on any atom is -0.397 e. The van der Waals surface area contributed by atoms with Gasteiger partial charge >= 0.3 is 5.69 Å². The van der Waals surface area contributed by atoms with Gasteiger partial charge in [-0.05, 0) is 18.6 Å². The maximum Gasteiger partial charge on any atom is 0.336 e. The Morgan fingerprint density at radius 3 is 2.52 bits per heavy atom. The summed E-state index contributed by atoms with van der Waals surface area (Å²) in [7, 11) is 0. The monoisotopic (exact) mass is 428 g/mol. The van der Waals surface area contributed by atoms with Crippen LogP contribution < -0.4 is 27.8 Å². The van der Waals surface area contributed by atoms with Crippen LogP contribution in [0.1, 0.15) is 11.3 Å². The molecule has 2 heterocycles. The fraction of sp³-hybridized carbons (Fsp3) is 0.150. The number of hydrogen-bond acceptors (Lipinski definition) is 7. The average Bonchev–Trinajstić information content (AvgIpc) is 2.72. The molecule has 0 fully saturated rings. The van der Waals surface area contributed by atoms with Gasteiger partial charge in [-0.2, -0.15) is 0 Å². The predicted molar refractivity (Wildman–Crippen MR) is 111 cm³/mol. The normalized spacial score (nSPS) is 10.7. The largest absolute Gasteiger partial charge is 0.397 e. The number of hydrazine groups is 1. The summed E-state index contributed by atoms with van der Waals surface area (Å²) < 4.78 is 29.1. The molecule has 0 aliphatic rings. The highest BCUT2D eigenvalue weighted by Gasteiger charge is 2.25. The molecule has 3 rings (SSSR count). The van der Waals surface area contributed by atoms with Crippen LogP contribution in [-0.2, 0) is 13.2 Å². The van der Waals surface area contributed by atoms with Gasteiger partial charge in [-0.25, -0.2) is 24.0 Å². The average molecular weight is 428 g/mol. The van der Waals surface area contributed by atoms with Gasteiger partial charge in [-0.1, -0.05) is 5.92 Å². The smallest absolute Gasteiger partial charge is 0.336 e. The predicted octanol–water partition coefficient (Wildman–Crippen LogP) is 0.700. The highest BCUT2D eigenvalue weighted by Crippen LogP contribution is 2.29. The summed E-state index contributed by atoms with van der Waals surface area (Å²) in [6.07, 6.45) is 8.16. The van der Waals surface area contributed by atoms with Gasteiger partial charge in [-0.15, -0.1) is 6.42 Å². The molecule has 9 nitrogen and oxygen atoms in total. The van der Waals surface area contributed by atoms with Crippen molar-refractivity contribution in [3.8, 4) is 18.0 Å². The fourth-order valence-electron chi connectivity index (χ4n) is 3.11. The number of halogens is 2. The first-order valence-corrected chi connectivity index (χ1v) is 8.85. The van der Waals surface area contributed by atoms with Gasteiger partial charge in [0.1, 0.15) is 5.69 Å². The quantitative estimate of drug-likeness (QED) is 0.236. The van der Waals surface area contributed by atoms with Crippen molar-refractivity contribution < 1.29 is 13.9 Å². The minimum absolute atomic E-state index is 0.123. The number of aliphatic hydroxyl groups is 1. The van der Waals surface area contributed by atoms with E-state index in [1.165, 1.54) is 18.5 Å². The van der Waals surface area contributed by atoms with Crippen LogP contribution in [0.5, 0.6) is 0 Å². The van der Waals surface area contributed by atoms with E-state index in [0.29, 0.717) is 22.7 Å². The number of terminal acetylenes is 1. The first kappa shape index (κ1) is 21.7. The number of nitrogens with two attached hydrogens (primary N) is 2. The van der Waals surface area contributed by atoms with Crippen molar-refractivity contribution in [3.05, 3.63) is 74.3 Å². The van der Waals surface area contributed by atoms with Gasteiger partial charge in [0, 0.05) is 18.3 Å². The number of nitrogen functional groups attached to an aromatic ring is 1. The number of aromatic nitrogens is 3. The second-order valence-electron chi connectivity index (χ2n) is 6.58. The Labute approximate surface area is 174 Å². The van der Waals surface area contributed by atoms with Crippen molar-refractivity contribution in [2.24, 2.45) is 5.84 Å². The third kappa shape index (κ3) is 3.77. The highest BCUT2D eigenvalue weighted by molar-refractivity contribution is 5.74. The molecular formula is C20H18F2N6O3. The van der Waals surface area contributed by atoms with Gasteiger partial charge in [0.05, 0.1) is 42.1 Å². The summed E-state index contributed by atoms with van der Waals surface area (Å²) in [6.45, 7) is 0.607. The second-order valence-corrected chi connectivity index (χ2v) is 6.58. The van der Waals surface area contributed by atoms with Crippen molar-refractivity contribution in [1.82, 2.24) is 14.1 Å².